The highest BCUT2D eigenvalue weighted by Crippen LogP contribution is 2.36. The molecule has 3 aromatic rings. The van der Waals surface area contributed by atoms with Crippen molar-refractivity contribution < 1.29 is 22.7 Å². The van der Waals surface area contributed by atoms with Crippen LogP contribution in [-0.4, -0.2) is 33.6 Å². The van der Waals surface area contributed by atoms with Crippen LogP contribution in [0.5, 0.6) is 11.5 Å². The van der Waals surface area contributed by atoms with Crippen LogP contribution in [-0.2, 0) is 21.4 Å². The van der Waals surface area contributed by atoms with Gasteiger partial charge in [0.1, 0.15) is 11.5 Å². The van der Waals surface area contributed by atoms with Crippen molar-refractivity contribution in [3.8, 4) is 11.5 Å². The predicted octanol–water partition coefficient (Wildman–Crippen LogP) is 3.36. The zero-order chi connectivity index (χ0) is 22.6. The van der Waals surface area contributed by atoms with Gasteiger partial charge in [-0.1, -0.05) is 42.5 Å². The average molecular weight is 453 g/mol. The standard InChI is InChI=1S/C24H24N2O5S/c1-2-30-19-14-12-18(13-15-19)16-25-24(27)23-17-26(21-10-6-7-11-22(21)31-23)32(28,29)20-8-4-3-5-9-20/h3-15,23H,2,16-17H2,1H3,(H,25,27)/t23-/m1/s1. The van der Waals surface area contributed by atoms with E-state index in [2.05, 4.69) is 5.32 Å². The summed E-state index contributed by atoms with van der Waals surface area (Å²) in [7, 11) is -3.86. The van der Waals surface area contributed by atoms with Crippen molar-refractivity contribution in [2.24, 2.45) is 0 Å². The number of hydrogen-bond acceptors (Lipinski definition) is 5. The Balaban J connectivity index is 1.52. The van der Waals surface area contributed by atoms with Gasteiger partial charge in [0.25, 0.3) is 15.9 Å². The Morgan fingerprint density at radius 3 is 2.44 bits per heavy atom. The maximum Gasteiger partial charge on any atom is 0.264 e. The largest absolute Gasteiger partial charge is 0.494 e. The third kappa shape index (κ3) is 4.55. The van der Waals surface area contributed by atoms with Crippen LogP contribution in [0.3, 0.4) is 0 Å². The number of rotatable bonds is 7. The van der Waals surface area contributed by atoms with E-state index >= 15 is 0 Å². The highest BCUT2D eigenvalue weighted by molar-refractivity contribution is 7.92. The first-order valence-corrected chi connectivity index (χ1v) is 11.8. The number of benzene rings is 3. The molecule has 1 atom stereocenters. The van der Waals surface area contributed by atoms with Gasteiger partial charge in [-0.25, -0.2) is 8.42 Å². The molecule has 1 amide bonds. The molecule has 0 saturated carbocycles. The smallest absolute Gasteiger partial charge is 0.264 e. The van der Waals surface area contributed by atoms with E-state index in [4.69, 9.17) is 9.47 Å². The monoisotopic (exact) mass is 452 g/mol. The van der Waals surface area contributed by atoms with Crippen molar-refractivity contribution in [1.29, 1.82) is 0 Å². The number of carbonyl (C=O) groups excluding carboxylic acids is 1. The number of nitrogens with zero attached hydrogens (tertiary/aromatic N) is 1. The molecule has 0 bridgehead atoms. The van der Waals surface area contributed by atoms with Crippen LogP contribution in [0.4, 0.5) is 5.69 Å². The molecule has 0 saturated heterocycles. The van der Waals surface area contributed by atoms with E-state index < -0.39 is 16.1 Å². The van der Waals surface area contributed by atoms with Gasteiger partial charge in [0.15, 0.2) is 6.10 Å². The minimum atomic E-state index is -3.86. The van der Waals surface area contributed by atoms with Gasteiger partial charge in [-0.05, 0) is 48.9 Å². The van der Waals surface area contributed by atoms with Gasteiger partial charge in [0.05, 0.1) is 23.7 Å². The lowest BCUT2D eigenvalue weighted by molar-refractivity contribution is -0.127. The molecule has 1 aliphatic heterocycles. The van der Waals surface area contributed by atoms with E-state index in [-0.39, 0.29) is 23.9 Å². The van der Waals surface area contributed by atoms with Crippen molar-refractivity contribution in [3.63, 3.8) is 0 Å². The van der Waals surface area contributed by atoms with Gasteiger partial charge >= 0.3 is 0 Å². The summed E-state index contributed by atoms with van der Waals surface area (Å²) in [5, 5.41) is 2.84. The van der Waals surface area contributed by atoms with Crippen molar-refractivity contribution in [3.05, 3.63) is 84.4 Å². The normalized spacial score (nSPS) is 15.4. The number of ether oxygens (including phenoxy) is 2. The predicted molar refractivity (Wildman–Crippen MR) is 121 cm³/mol. The first kappa shape index (κ1) is 21.7. The molecule has 4 rings (SSSR count). The Labute approximate surface area is 187 Å². The molecule has 0 aromatic heterocycles. The number of carbonyl (C=O) groups is 1. The fraction of sp³-hybridized carbons (Fsp3) is 0.208. The highest BCUT2D eigenvalue weighted by Gasteiger charge is 2.37. The fourth-order valence-corrected chi connectivity index (χ4v) is 4.96. The van der Waals surface area contributed by atoms with Crippen LogP contribution < -0.4 is 19.1 Å². The lowest BCUT2D eigenvalue weighted by Gasteiger charge is -2.34. The van der Waals surface area contributed by atoms with Gasteiger partial charge < -0.3 is 14.8 Å². The molecule has 3 aromatic carbocycles. The zero-order valence-electron chi connectivity index (χ0n) is 17.6. The Kier molecular flexibility index (Phi) is 6.32. The Morgan fingerprint density at radius 2 is 1.72 bits per heavy atom. The third-order valence-electron chi connectivity index (χ3n) is 5.06. The minimum Gasteiger partial charge on any atom is -0.494 e. The molecular formula is C24H24N2O5S. The molecule has 1 aliphatic rings. The second kappa shape index (κ2) is 9.32. The van der Waals surface area contributed by atoms with Gasteiger partial charge in [0, 0.05) is 6.54 Å². The summed E-state index contributed by atoms with van der Waals surface area (Å²) in [4.78, 5) is 13.0. The number of para-hydroxylation sites is 2. The molecule has 8 heteroatoms. The van der Waals surface area contributed by atoms with E-state index in [0.717, 1.165) is 11.3 Å². The summed E-state index contributed by atoms with van der Waals surface area (Å²) in [5.41, 5.74) is 1.30. The summed E-state index contributed by atoms with van der Waals surface area (Å²) < 4.78 is 39.1. The number of anilines is 1. The highest BCUT2D eigenvalue weighted by atomic mass is 32.2. The number of fused-ring (bicyclic) bond motifs is 1. The lowest BCUT2D eigenvalue weighted by Crippen LogP contribution is -2.50. The number of sulfonamides is 1. The van der Waals surface area contributed by atoms with E-state index in [1.165, 1.54) is 16.4 Å². The zero-order valence-corrected chi connectivity index (χ0v) is 18.4. The molecule has 166 valence electrons. The second-order valence-corrected chi connectivity index (χ2v) is 9.08. The molecule has 7 nitrogen and oxygen atoms in total. The molecule has 0 spiro atoms. The second-order valence-electron chi connectivity index (χ2n) is 7.22. The summed E-state index contributed by atoms with van der Waals surface area (Å²) in [6.07, 6.45) is -0.980. The fourth-order valence-electron chi connectivity index (χ4n) is 3.46. The Hall–Kier alpha value is -3.52. The molecule has 1 heterocycles. The quantitative estimate of drug-likeness (QED) is 0.594. The number of hydrogen-bond donors (Lipinski definition) is 1. The van der Waals surface area contributed by atoms with Gasteiger partial charge in [-0.15, -0.1) is 0 Å². The molecule has 0 unspecified atom stereocenters. The summed E-state index contributed by atoms with van der Waals surface area (Å²) >= 11 is 0. The maximum absolute atomic E-state index is 13.3. The molecule has 0 radical (unpaired) electrons. The molecular weight excluding hydrogens is 428 g/mol. The summed E-state index contributed by atoms with van der Waals surface area (Å²) in [6.45, 7) is 2.66. The number of amides is 1. The summed E-state index contributed by atoms with van der Waals surface area (Å²) in [5.74, 6) is 0.720. The van der Waals surface area contributed by atoms with E-state index in [1.54, 1.807) is 42.5 Å². The Morgan fingerprint density at radius 1 is 1.03 bits per heavy atom. The third-order valence-corrected chi connectivity index (χ3v) is 6.85. The van der Waals surface area contributed by atoms with Crippen molar-refractivity contribution >= 4 is 21.6 Å². The Bertz CT molecular complexity index is 1180. The van der Waals surface area contributed by atoms with Crippen LogP contribution in [0.15, 0.2) is 83.8 Å². The van der Waals surface area contributed by atoms with Gasteiger partial charge in [-0.2, -0.15) is 0 Å². The van der Waals surface area contributed by atoms with Crippen molar-refractivity contribution in [2.45, 2.75) is 24.5 Å². The van der Waals surface area contributed by atoms with E-state index in [1.807, 2.05) is 31.2 Å². The van der Waals surface area contributed by atoms with E-state index in [0.29, 0.717) is 18.0 Å². The minimum absolute atomic E-state index is 0.122. The number of nitrogens with one attached hydrogen (secondary N) is 1. The molecule has 0 aliphatic carbocycles. The molecule has 32 heavy (non-hydrogen) atoms. The molecule has 1 N–H and O–H groups in total. The van der Waals surface area contributed by atoms with Crippen LogP contribution in [0, 0.1) is 0 Å². The maximum atomic E-state index is 13.3. The first-order chi connectivity index (χ1) is 15.5. The van der Waals surface area contributed by atoms with Crippen LogP contribution in [0.2, 0.25) is 0 Å². The lowest BCUT2D eigenvalue weighted by atomic mass is 10.2. The van der Waals surface area contributed by atoms with Gasteiger partial charge in [-0.3, -0.25) is 9.10 Å². The topological polar surface area (TPSA) is 84.9 Å². The van der Waals surface area contributed by atoms with Crippen LogP contribution in [0.25, 0.3) is 0 Å². The van der Waals surface area contributed by atoms with Crippen molar-refractivity contribution in [2.75, 3.05) is 17.5 Å². The van der Waals surface area contributed by atoms with Gasteiger partial charge in [0.2, 0.25) is 0 Å². The van der Waals surface area contributed by atoms with Crippen LogP contribution in [0.1, 0.15) is 12.5 Å². The average Bonchev–Trinajstić information content (AvgIpc) is 2.83. The molecule has 0 fully saturated rings. The van der Waals surface area contributed by atoms with Crippen molar-refractivity contribution in [1.82, 2.24) is 5.32 Å². The summed E-state index contributed by atoms with van der Waals surface area (Å²) in [6, 6.07) is 22.4. The first-order valence-electron chi connectivity index (χ1n) is 10.3. The van der Waals surface area contributed by atoms with Crippen LogP contribution >= 0.6 is 0 Å². The van der Waals surface area contributed by atoms with E-state index in [9.17, 15) is 13.2 Å². The SMILES string of the molecule is CCOc1ccc(CNC(=O)[C@H]2CN(S(=O)(=O)c3ccccc3)c3ccccc3O2)cc1.